The van der Waals surface area contributed by atoms with Crippen LogP contribution in [-0.2, 0) is 14.9 Å². The molecule has 2 heterocycles. The number of ether oxygens (including phenoxy) is 2. The molecule has 2 saturated heterocycles. The molecule has 5 heteroatoms. The summed E-state index contributed by atoms with van der Waals surface area (Å²) < 4.78 is 10.9. The average Bonchev–Trinajstić information content (AvgIpc) is 3.35. The van der Waals surface area contributed by atoms with Crippen molar-refractivity contribution < 1.29 is 14.3 Å². The lowest BCUT2D eigenvalue weighted by Gasteiger charge is -2.37. The van der Waals surface area contributed by atoms with Gasteiger partial charge in [0.05, 0.1) is 18.6 Å². The van der Waals surface area contributed by atoms with E-state index in [0.29, 0.717) is 19.8 Å². The molecule has 0 saturated carbocycles. The Kier molecular flexibility index (Phi) is 6.70. The van der Waals surface area contributed by atoms with E-state index in [4.69, 9.17) is 9.47 Å². The quantitative estimate of drug-likeness (QED) is 0.759. The minimum absolute atomic E-state index is 0.120. The summed E-state index contributed by atoms with van der Waals surface area (Å²) in [4.78, 5) is 16.1. The molecule has 2 fully saturated rings. The molecule has 30 heavy (non-hydrogen) atoms. The second-order valence-electron chi connectivity index (χ2n) is 8.30. The Morgan fingerprint density at radius 1 is 1.07 bits per heavy atom. The van der Waals surface area contributed by atoms with Gasteiger partial charge in [0, 0.05) is 19.8 Å². The highest BCUT2D eigenvalue weighted by molar-refractivity contribution is 5.88. The first-order valence-electron chi connectivity index (χ1n) is 11.0. The van der Waals surface area contributed by atoms with Crippen LogP contribution in [0.1, 0.15) is 42.9 Å². The number of hydrogen-bond donors (Lipinski definition) is 1. The average molecular weight is 409 g/mol. The molecule has 1 N–H and O–H groups in total. The van der Waals surface area contributed by atoms with Gasteiger partial charge < -0.3 is 14.8 Å². The molecule has 0 spiro atoms. The minimum Gasteiger partial charge on any atom is -0.497 e. The summed E-state index contributed by atoms with van der Waals surface area (Å²) in [5.41, 5.74) is 1.81. The number of benzene rings is 2. The largest absolute Gasteiger partial charge is 0.497 e. The van der Waals surface area contributed by atoms with Crippen LogP contribution in [0.2, 0.25) is 0 Å². The molecule has 2 aromatic carbocycles. The second kappa shape index (κ2) is 9.63. The maximum Gasteiger partial charge on any atom is 0.230 e. The van der Waals surface area contributed by atoms with Crippen LogP contribution in [0.3, 0.4) is 0 Å². The van der Waals surface area contributed by atoms with E-state index in [1.807, 2.05) is 30.3 Å². The normalized spacial score (nSPS) is 19.9. The number of methoxy groups -OCH3 is 1. The molecule has 1 unspecified atom stereocenters. The van der Waals surface area contributed by atoms with Gasteiger partial charge in [-0.05, 0) is 62.0 Å². The number of amides is 1. The van der Waals surface area contributed by atoms with Crippen LogP contribution in [0.5, 0.6) is 5.75 Å². The number of hydrogen-bond acceptors (Lipinski definition) is 4. The van der Waals surface area contributed by atoms with Crippen molar-refractivity contribution in [3.05, 3.63) is 65.7 Å². The van der Waals surface area contributed by atoms with E-state index in [0.717, 1.165) is 37.2 Å². The monoisotopic (exact) mass is 408 g/mol. The second-order valence-corrected chi connectivity index (χ2v) is 8.30. The van der Waals surface area contributed by atoms with Gasteiger partial charge in [-0.2, -0.15) is 0 Å². The third kappa shape index (κ3) is 4.37. The first-order chi connectivity index (χ1) is 14.7. The minimum atomic E-state index is -0.505. The zero-order chi connectivity index (χ0) is 20.8. The van der Waals surface area contributed by atoms with Gasteiger partial charge in [0.15, 0.2) is 0 Å². The predicted octanol–water partition coefficient (Wildman–Crippen LogP) is 3.70. The zero-order valence-electron chi connectivity index (χ0n) is 17.8. The molecule has 0 aromatic heterocycles. The molecular formula is C25H32N2O3. The van der Waals surface area contributed by atoms with Crippen LogP contribution in [0.4, 0.5) is 0 Å². The molecular weight excluding hydrogens is 376 g/mol. The summed E-state index contributed by atoms with van der Waals surface area (Å²) in [7, 11) is 1.68. The Hall–Kier alpha value is -2.37. The summed E-state index contributed by atoms with van der Waals surface area (Å²) in [6, 6.07) is 18.6. The summed E-state index contributed by atoms with van der Waals surface area (Å²) in [6.07, 6.45) is 3.87. The Labute approximate surface area is 179 Å². The molecule has 1 amide bonds. The number of nitrogens with one attached hydrogen (secondary N) is 1. The van der Waals surface area contributed by atoms with Crippen molar-refractivity contribution >= 4 is 5.91 Å². The van der Waals surface area contributed by atoms with Crippen molar-refractivity contribution in [2.45, 2.75) is 37.1 Å². The smallest absolute Gasteiger partial charge is 0.230 e. The fourth-order valence-electron chi connectivity index (χ4n) is 4.82. The van der Waals surface area contributed by atoms with Crippen LogP contribution in [0, 0.1) is 0 Å². The topological polar surface area (TPSA) is 50.8 Å². The molecule has 0 radical (unpaired) electrons. The molecule has 1 atom stereocenters. The molecule has 5 nitrogen and oxygen atoms in total. The number of nitrogens with zero attached hydrogens (tertiary/aromatic N) is 1. The van der Waals surface area contributed by atoms with E-state index in [1.165, 1.54) is 18.4 Å². The van der Waals surface area contributed by atoms with Crippen LogP contribution in [0.25, 0.3) is 0 Å². The fraction of sp³-hybridized carbons (Fsp3) is 0.480. The van der Waals surface area contributed by atoms with E-state index in [9.17, 15) is 4.79 Å². The van der Waals surface area contributed by atoms with Gasteiger partial charge >= 0.3 is 0 Å². The molecule has 2 aromatic rings. The van der Waals surface area contributed by atoms with Crippen molar-refractivity contribution in [1.82, 2.24) is 10.2 Å². The Morgan fingerprint density at radius 2 is 1.73 bits per heavy atom. The summed E-state index contributed by atoms with van der Waals surface area (Å²) in [6.45, 7) is 4.00. The van der Waals surface area contributed by atoms with Gasteiger partial charge in [-0.1, -0.05) is 42.5 Å². The highest BCUT2D eigenvalue weighted by atomic mass is 16.5. The molecule has 0 aliphatic carbocycles. The fourth-order valence-corrected chi connectivity index (χ4v) is 4.82. The third-order valence-electron chi connectivity index (χ3n) is 6.65. The standard InChI is InChI=1S/C25H32N2O3/c1-29-22-11-9-20(10-12-22)23(27-15-5-6-16-27)19-26-24(28)25(13-17-30-18-14-25)21-7-3-2-4-8-21/h2-4,7-12,23H,5-6,13-19H2,1H3,(H,26,28). The van der Waals surface area contributed by atoms with Crippen LogP contribution in [0.15, 0.2) is 54.6 Å². The van der Waals surface area contributed by atoms with E-state index < -0.39 is 5.41 Å². The summed E-state index contributed by atoms with van der Waals surface area (Å²) in [5, 5.41) is 3.33. The van der Waals surface area contributed by atoms with Gasteiger partial charge in [0.2, 0.25) is 5.91 Å². The Balaban J connectivity index is 1.53. The highest BCUT2D eigenvalue weighted by Gasteiger charge is 2.41. The molecule has 4 rings (SSSR count). The number of rotatable bonds is 7. The molecule has 2 aliphatic rings. The van der Waals surface area contributed by atoms with Crippen molar-refractivity contribution in [2.24, 2.45) is 0 Å². The molecule has 160 valence electrons. The van der Waals surface area contributed by atoms with E-state index >= 15 is 0 Å². The SMILES string of the molecule is COc1ccc(C(CNC(=O)C2(c3ccccc3)CCOCC2)N2CCCC2)cc1. The van der Waals surface area contributed by atoms with Crippen LogP contribution in [-0.4, -0.2) is 50.8 Å². The highest BCUT2D eigenvalue weighted by Crippen LogP contribution is 2.35. The predicted molar refractivity (Wildman–Crippen MR) is 118 cm³/mol. The van der Waals surface area contributed by atoms with Crippen LogP contribution >= 0.6 is 0 Å². The van der Waals surface area contributed by atoms with Gasteiger partial charge in [-0.15, -0.1) is 0 Å². The maximum atomic E-state index is 13.6. The number of carbonyl (C=O) groups excluding carboxylic acids is 1. The number of carbonyl (C=O) groups is 1. The van der Waals surface area contributed by atoms with E-state index in [1.54, 1.807) is 7.11 Å². The van der Waals surface area contributed by atoms with Crippen molar-refractivity contribution in [2.75, 3.05) is 40.0 Å². The molecule has 2 aliphatic heterocycles. The van der Waals surface area contributed by atoms with Crippen molar-refractivity contribution in [1.29, 1.82) is 0 Å². The summed E-state index contributed by atoms with van der Waals surface area (Å²) in [5.74, 6) is 0.975. The van der Waals surface area contributed by atoms with Gasteiger partial charge in [-0.25, -0.2) is 0 Å². The van der Waals surface area contributed by atoms with E-state index in [-0.39, 0.29) is 11.9 Å². The lowest BCUT2D eigenvalue weighted by Crippen LogP contribution is -2.50. The van der Waals surface area contributed by atoms with E-state index in [2.05, 4.69) is 34.5 Å². The van der Waals surface area contributed by atoms with Gasteiger partial charge in [0.25, 0.3) is 0 Å². The maximum absolute atomic E-state index is 13.6. The lowest BCUT2D eigenvalue weighted by atomic mass is 9.73. The first kappa shape index (κ1) is 20.9. The molecule has 0 bridgehead atoms. The third-order valence-corrected chi connectivity index (χ3v) is 6.65. The van der Waals surface area contributed by atoms with Gasteiger partial charge in [0.1, 0.15) is 5.75 Å². The van der Waals surface area contributed by atoms with Crippen LogP contribution < -0.4 is 10.1 Å². The van der Waals surface area contributed by atoms with Crippen molar-refractivity contribution in [3.8, 4) is 5.75 Å². The zero-order valence-corrected chi connectivity index (χ0v) is 17.8. The Morgan fingerprint density at radius 3 is 2.37 bits per heavy atom. The number of likely N-dealkylation sites (tertiary alicyclic amines) is 1. The first-order valence-corrected chi connectivity index (χ1v) is 11.0. The summed E-state index contributed by atoms with van der Waals surface area (Å²) >= 11 is 0. The Bertz CT molecular complexity index is 810. The van der Waals surface area contributed by atoms with Gasteiger partial charge in [-0.3, -0.25) is 9.69 Å². The van der Waals surface area contributed by atoms with Crippen molar-refractivity contribution in [3.63, 3.8) is 0 Å². The lowest BCUT2D eigenvalue weighted by molar-refractivity contribution is -0.130.